The van der Waals surface area contributed by atoms with Crippen molar-refractivity contribution in [1.29, 1.82) is 0 Å². The molecule has 0 saturated carbocycles. The third-order valence-electron chi connectivity index (χ3n) is 3.32. The average Bonchev–Trinajstić information content (AvgIpc) is 3.10. The Bertz CT molecular complexity index is 816. The zero-order chi connectivity index (χ0) is 17.1. The Morgan fingerprint density at radius 2 is 2.21 bits per heavy atom. The fraction of sp³-hybridized carbons (Fsp3) is 0.176. The van der Waals surface area contributed by atoms with E-state index in [1.807, 2.05) is 25.1 Å². The van der Waals surface area contributed by atoms with Gasteiger partial charge >= 0.3 is 0 Å². The first-order chi connectivity index (χ1) is 11.6. The molecule has 0 N–H and O–H groups in total. The van der Waals surface area contributed by atoms with Gasteiger partial charge in [0.25, 0.3) is 5.91 Å². The highest BCUT2D eigenvalue weighted by molar-refractivity contribution is 8.26. The second-order valence-electron chi connectivity index (χ2n) is 4.98. The Kier molecular flexibility index (Phi) is 5.28. The summed E-state index contributed by atoms with van der Waals surface area (Å²) < 4.78 is 11.9. The topological polar surface area (TPSA) is 42.7 Å². The van der Waals surface area contributed by atoms with Crippen LogP contribution in [-0.4, -0.2) is 21.7 Å². The minimum absolute atomic E-state index is 0.0828. The Hall–Kier alpha value is -1.76. The van der Waals surface area contributed by atoms with E-state index >= 15 is 0 Å². The molecule has 0 atom stereocenters. The highest BCUT2D eigenvalue weighted by atomic mass is 35.5. The summed E-state index contributed by atoms with van der Waals surface area (Å²) in [6, 6.07) is 10.8. The molecule has 1 saturated heterocycles. The Morgan fingerprint density at radius 1 is 1.38 bits per heavy atom. The van der Waals surface area contributed by atoms with Gasteiger partial charge in [-0.1, -0.05) is 41.6 Å². The van der Waals surface area contributed by atoms with Crippen LogP contribution in [0.2, 0.25) is 5.02 Å². The molecular weight excluding hydrogens is 366 g/mol. The number of nitrogens with zero attached hydrogens (tertiary/aromatic N) is 1. The zero-order valence-corrected chi connectivity index (χ0v) is 15.2. The van der Waals surface area contributed by atoms with Gasteiger partial charge in [-0.2, -0.15) is 0 Å². The number of rotatable bonds is 5. The van der Waals surface area contributed by atoms with Gasteiger partial charge in [0.2, 0.25) is 0 Å². The van der Waals surface area contributed by atoms with Crippen LogP contribution in [-0.2, 0) is 11.4 Å². The predicted molar refractivity (Wildman–Crippen MR) is 100 cm³/mol. The van der Waals surface area contributed by atoms with E-state index in [1.165, 1.54) is 11.8 Å². The van der Waals surface area contributed by atoms with Crippen LogP contribution in [0.3, 0.4) is 0 Å². The van der Waals surface area contributed by atoms with Crippen molar-refractivity contribution in [2.45, 2.75) is 13.5 Å². The molecule has 1 aliphatic heterocycles. The number of thiocarbonyl (C=S) groups is 1. The lowest BCUT2D eigenvalue weighted by Crippen LogP contribution is -2.27. The van der Waals surface area contributed by atoms with Gasteiger partial charge in [0.05, 0.1) is 4.91 Å². The lowest BCUT2D eigenvalue weighted by molar-refractivity contribution is -0.121. The minimum Gasteiger partial charge on any atom is -0.486 e. The van der Waals surface area contributed by atoms with E-state index in [4.69, 9.17) is 33.0 Å². The highest BCUT2D eigenvalue weighted by Gasteiger charge is 2.30. The van der Waals surface area contributed by atoms with Gasteiger partial charge in [-0.05, 0) is 37.3 Å². The molecule has 1 aromatic heterocycles. The molecule has 0 radical (unpaired) electrons. The van der Waals surface area contributed by atoms with Crippen LogP contribution in [0.15, 0.2) is 45.7 Å². The second kappa shape index (κ2) is 7.42. The van der Waals surface area contributed by atoms with Crippen molar-refractivity contribution in [2.24, 2.45) is 0 Å². The van der Waals surface area contributed by atoms with Crippen molar-refractivity contribution >= 4 is 51.9 Å². The number of halogens is 1. The van der Waals surface area contributed by atoms with Crippen LogP contribution in [0.25, 0.3) is 6.08 Å². The third kappa shape index (κ3) is 3.83. The van der Waals surface area contributed by atoms with Crippen molar-refractivity contribution in [1.82, 2.24) is 4.90 Å². The van der Waals surface area contributed by atoms with E-state index in [1.54, 1.807) is 29.2 Å². The van der Waals surface area contributed by atoms with Crippen LogP contribution < -0.4 is 4.74 Å². The van der Waals surface area contributed by atoms with Crippen LogP contribution in [0.4, 0.5) is 0 Å². The number of carbonyl (C=O) groups is 1. The van der Waals surface area contributed by atoms with Gasteiger partial charge in [0.15, 0.2) is 0 Å². The van der Waals surface area contributed by atoms with E-state index in [-0.39, 0.29) is 12.5 Å². The summed E-state index contributed by atoms with van der Waals surface area (Å²) in [5.41, 5.74) is 0. The summed E-state index contributed by atoms with van der Waals surface area (Å²) in [4.78, 5) is 14.3. The number of ether oxygens (including phenoxy) is 1. The lowest BCUT2D eigenvalue weighted by atomic mass is 10.3. The zero-order valence-electron chi connectivity index (χ0n) is 12.8. The first kappa shape index (κ1) is 17.1. The number of carbonyl (C=O) groups excluding carboxylic acids is 1. The van der Waals surface area contributed by atoms with Crippen LogP contribution in [0.5, 0.6) is 5.75 Å². The summed E-state index contributed by atoms with van der Waals surface area (Å²) >= 11 is 12.4. The molecule has 4 nitrogen and oxygen atoms in total. The van der Waals surface area contributed by atoms with Crippen molar-refractivity contribution in [3.05, 3.63) is 57.8 Å². The largest absolute Gasteiger partial charge is 0.486 e. The molecule has 1 aromatic carbocycles. The Balaban J connectivity index is 1.67. The molecule has 1 aliphatic rings. The number of benzene rings is 1. The Morgan fingerprint density at radius 3 is 2.92 bits per heavy atom. The minimum atomic E-state index is -0.0828. The highest BCUT2D eigenvalue weighted by Crippen LogP contribution is 2.32. The summed E-state index contributed by atoms with van der Waals surface area (Å²) in [5.74, 6) is 1.84. The van der Waals surface area contributed by atoms with E-state index in [9.17, 15) is 4.79 Å². The SMILES string of the molecule is CCN1C(=O)C(=Cc2ccc(COc3cccc(Cl)c3)o2)SC1=S. The predicted octanol–water partition coefficient (Wildman–Crippen LogP) is 4.73. The number of thioether (sulfide) groups is 1. The molecule has 0 aliphatic carbocycles. The van der Waals surface area contributed by atoms with Crippen molar-refractivity contribution in [3.8, 4) is 5.75 Å². The van der Waals surface area contributed by atoms with Crippen LogP contribution in [0, 0.1) is 0 Å². The van der Waals surface area contributed by atoms with Gasteiger partial charge in [-0.15, -0.1) is 0 Å². The quantitative estimate of drug-likeness (QED) is 0.554. The number of furan rings is 1. The molecule has 2 aromatic rings. The van der Waals surface area contributed by atoms with E-state index in [2.05, 4.69) is 0 Å². The van der Waals surface area contributed by atoms with Crippen LogP contribution in [0.1, 0.15) is 18.4 Å². The standard InChI is InChI=1S/C17H14ClNO3S2/c1-2-19-16(20)15(24-17(19)23)9-13-6-7-14(22-13)10-21-12-5-3-4-11(18)8-12/h3-9H,2,10H2,1H3. The molecule has 1 fully saturated rings. The maximum absolute atomic E-state index is 12.2. The molecule has 0 unspecified atom stereocenters. The van der Waals surface area contributed by atoms with Crippen molar-refractivity contribution < 1.29 is 13.9 Å². The molecular formula is C17H14ClNO3S2. The molecule has 0 spiro atoms. The van der Waals surface area contributed by atoms with E-state index < -0.39 is 0 Å². The lowest BCUT2D eigenvalue weighted by Gasteiger charge is -2.09. The summed E-state index contributed by atoms with van der Waals surface area (Å²) in [6.45, 7) is 2.74. The second-order valence-corrected chi connectivity index (χ2v) is 7.09. The molecule has 2 heterocycles. The van der Waals surface area contributed by atoms with Gasteiger partial charge in [0.1, 0.15) is 28.2 Å². The smallest absolute Gasteiger partial charge is 0.266 e. The molecule has 7 heteroatoms. The van der Waals surface area contributed by atoms with Gasteiger partial charge in [0, 0.05) is 17.6 Å². The number of amides is 1. The Labute approximate surface area is 154 Å². The molecule has 0 bridgehead atoms. The van der Waals surface area contributed by atoms with Crippen molar-refractivity contribution in [2.75, 3.05) is 6.54 Å². The maximum atomic E-state index is 12.2. The summed E-state index contributed by atoms with van der Waals surface area (Å²) in [6.07, 6.45) is 1.71. The van der Waals surface area contributed by atoms with E-state index in [0.717, 1.165) is 0 Å². The fourth-order valence-corrected chi connectivity index (χ4v) is 3.71. The monoisotopic (exact) mass is 379 g/mol. The van der Waals surface area contributed by atoms with Crippen molar-refractivity contribution in [3.63, 3.8) is 0 Å². The first-order valence-electron chi connectivity index (χ1n) is 7.29. The summed E-state index contributed by atoms with van der Waals surface area (Å²) in [7, 11) is 0. The third-order valence-corrected chi connectivity index (χ3v) is 4.94. The van der Waals surface area contributed by atoms with E-state index in [0.29, 0.717) is 38.1 Å². The molecule has 3 rings (SSSR count). The van der Waals surface area contributed by atoms with Gasteiger partial charge in [-0.3, -0.25) is 9.69 Å². The first-order valence-corrected chi connectivity index (χ1v) is 8.89. The number of hydrogen-bond acceptors (Lipinski definition) is 5. The number of likely N-dealkylation sites (N-methyl/N-ethyl adjacent to an activating group) is 1. The van der Waals surface area contributed by atoms with Gasteiger partial charge < -0.3 is 9.15 Å². The maximum Gasteiger partial charge on any atom is 0.266 e. The molecule has 24 heavy (non-hydrogen) atoms. The van der Waals surface area contributed by atoms with Crippen LogP contribution >= 0.6 is 35.6 Å². The van der Waals surface area contributed by atoms with Gasteiger partial charge in [-0.25, -0.2) is 0 Å². The molecule has 124 valence electrons. The molecule has 1 amide bonds. The summed E-state index contributed by atoms with van der Waals surface area (Å²) in [5, 5.41) is 0.616. The number of hydrogen-bond donors (Lipinski definition) is 0. The normalized spacial score (nSPS) is 16.2. The average molecular weight is 380 g/mol. The fourth-order valence-electron chi connectivity index (χ4n) is 2.16.